The van der Waals surface area contributed by atoms with E-state index in [9.17, 15) is 9.59 Å². The number of primary amides is 1. The van der Waals surface area contributed by atoms with Crippen LogP contribution < -0.4 is 11.1 Å². The van der Waals surface area contributed by atoms with Crippen LogP contribution in [-0.4, -0.2) is 33.0 Å². The molecule has 122 valence electrons. The molecule has 0 saturated heterocycles. The van der Waals surface area contributed by atoms with Gasteiger partial charge in [0.1, 0.15) is 11.3 Å². The number of carbonyl (C=O) groups is 2. The predicted molar refractivity (Wildman–Crippen MR) is 87.9 cm³/mol. The number of anilines is 1. The molecule has 0 unspecified atom stereocenters. The molecule has 1 aromatic carbocycles. The standard InChI is InChI=1S/C14H16BrN5O3/c1-14(2,3)23-13(22)17-9-6-7(15)4-5-8(9)10-11(12(16)21)19-20-18-10/h4-6H,1-3H3,(H2,16,21)(H,17,22)(H,18,19,20). The quantitative estimate of drug-likeness (QED) is 0.753. The van der Waals surface area contributed by atoms with Crippen molar-refractivity contribution in [2.75, 3.05) is 5.32 Å². The maximum Gasteiger partial charge on any atom is 0.412 e. The Morgan fingerprint density at radius 3 is 2.61 bits per heavy atom. The van der Waals surface area contributed by atoms with Gasteiger partial charge < -0.3 is 10.5 Å². The van der Waals surface area contributed by atoms with Crippen LogP contribution >= 0.6 is 15.9 Å². The van der Waals surface area contributed by atoms with E-state index in [1.165, 1.54) is 0 Å². The van der Waals surface area contributed by atoms with Crippen molar-refractivity contribution in [3.05, 3.63) is 28.4 Å². The lowest BCUT2D eigenvalue weighted by molar-refractivity contribution is 0.0636. The number of nitrogens with one attached hydrogen (secondary N) is 2. The zero-order valence-corrected chi connectivity index (χ0v) is 14.4. The maximum atomic E-state index is 12.0. The van der Waals surface area contributed by atoms with Crippen LogP contribution in [0.25, 0.3) is 11.3 Å². The van der Waals surface area contributed by atoms with Crippen molar-refractivity contribution in [2.45, 2.75) is 26.4 Å². The van der Waals surface area contributed by atoms with Crippen molar-refractivity contribution in [1.29, 1.82) is 0 Å². The fraction of sp³-hybridized carbons (Fsp3) is 0.286. The zero-order valence-electron chi connectivity index (χ0n) is 12.8. The summed E-state index contributed by atoms with van der Waals surface area (Å²) in [5.41, 5.74) is 5.77. The lowest BCUT2D eigenvalue weighted by Gasteiger charge is -2.20. The van der Waals surface area contributed by atoms with Gasteiger partial charge in [0.25, 0.3) is 5.91 Å². The summed E-state index contributed by atoms with van der Waals surface area (Å²) in [5.74, 6) is -0.722. The Balaban J connectivity index is 2.40. The van der Waals surface area contributed by atoms with E-state index >= 15 is 0 Å². The molecular formula is C14H16BrN5O3. The van der Waals surface area contributed by atoms with Gasteiger partial charge in [-0.1, -0.05) is 15.9 Å². The van der Waals surface area contributed by atoms with Gasteiger partial charge in [0.05, 0.1) is 5.69 Å². The van der Waals surface area contributed by atoms with Gasteiger partial charge in [0.2, 0.25) is 0 Å². The van der Waals surface area contributed by atoms with Gasteiger partial charge >= 0.3 is 6.09 Å². The molecule has 0 aliphatic rings. The number of nitrogens with zero attached hydrogens (tertiary/aromatic N) is 2. The number of nitrogens with two attached hydrogens (primary N) is 1. The van der Waals surface area contributed by atoms with E-state index in [4.69, 9.17) is 10.5 Å². The van der Waals surface area contributed by atoms with Crippen molar-refractivity contribution in [3.63, 3.8) is 0 Å². The summed E-state index contributed by atoms with van der Waals surface area (Å²) in [6.07, 6.45) is -0.624. The Hall–Kier alpha value is -2.42. The van der Waals surface area contributed by atoms with Gasteiger partial charge in [-0.05, 0) is 39.0 Å². The van der Waals surface area contributed by atoms with E-state index < -0.39 is 17.6 Å². The van der Waals surface area contributed by atoms with Crippen LogP contribution in [-0.2, 0) is 4.74 Å². The highest BCUT2D eigenvalue weighted by atomic mass is 79.9. The summed E-state index contributed by atoms with van der Waals surface area (Å²) in [5, 5.41) is 12.7. The monoisotopic (exact) mass is 381 g/mol. The number of carbonyl (C=O) groups excluding carboxylic acids is 2. The summed E-state index contributed by atoms with van der Waals surface area (Å²) in [6.45, 7) is 5.28. The molecular weight excluding hydrogens is 366 g/mol. The van der Waals surface area contributed by atoms with Crippen LogP contribution in [0.3, 0.4) is 0 Å². The second-order valence-corrected chi connectivity index (χ2v) is 6.62. The Morgan fingerprint density at radius 2 is 2.00 bits per heavy atom. The second-order valence-electron chi connectivity index (χ2n) is 5.70. The van der Waals surface area contributed by atoms with E-state index in [0.29, 0.717) is 11.3 Å². The SMILES string of the molecule is CC(C)(C)OC(=O)Nc1cc(Br)ccc1-c1n[nH]nc1C(N)=O. The number of benzene rings is 1. The Bertz CT molecular complexity index is 751. The number of ether oxygens (including phenoxy) is 1. The third kappa shape index (κ3) is 4.28. The average molecular weight is 382 g/mol. The predicted octanol–water partition coefficient (Wildman–Crippen LogP) is 2.68. The van der Waals surface area contributed by atoms with Gasteiger partial charge in [-0.2, -0.15) is 15.4 Å². The van der Waals surface area contributed by atoms with E-state index in [1.54, 1.807) is 39.0 Å². The van der Waals surface area contributed by atoms with Gasteiger partial charge in [0, 0.05) is 10.0 Å². The number of rotatable bonds is 3. The number of halogens is 1. The molecule has 0 fully saturated rings. The molecule has 0 spiro atoms. The van der Waals surface area contributed by atoms with E-state index in [0.717, 1.165) is 4.47 Å². The molecule has 2 amide bonds. The smallest absolute Gasteiger partial charge is 0.412 e. The summed E-state index contributed by atoms with van der Waals surface area (Å²) in [6, 6.07) is 5.09. The summed E-state index contributed by atoms with van der Waals surface area (Å²) >= 11 is 3.33. The van der Waals surface area contributed by atoms with Crippen molar-refractivity contribution >= 4 is 33.6 Å². The van der Waals surface area contributed by atoms with E-state index in [-0.39, 0.29) is 11.4 Å². The van der Waals surface area contributed by atoms with Crippen molar-refractivity contribution in [1.82, 2.24) is 15.4 Å². The van der Waals surface area contributed by atoms with Crippen LogP contribution in [0.2, 0.25) is 0 Å². The lowest BCUT2D eigenvalue weighted by Crippen LogP contribution is -2.27. The maximum absolute atomic E-state index is 12.0. The largest absolute Gasteiger partial charge is 0.444 e. The Labute approximate surface area is 140 Å². The van der Waals surface area contributed by atoms with Gasteiger partial charge in [-0.15, -0.1) is 0 Å². The highest BCUT2D eigenvalue weighted by molar-refractivity contribution is 9.10. The van der Waals surface area contributed by atoms with Crippen molar-refractivity contribution < 1.29 is 14.3 Å². The molecule has 0 aliphatic heterocycles. The first-order chi connectivity index (χ1) is 10.7. The average Bonchev–Trinajstić information content (AvgIpc) is 2.85. The number of amides is 2. The second kappa shape index (κ2) is 6.37. The molecule has 0 radical (unpaired) electrons. The number of aromatic amines is 1. The highest BCUT2D eigenvalue weighted by Crippen LogP contribution is 2.31. The first-order valence-electron chi connectivity index (χ1n) is 6.68. The molecule has 0 aliphatic carbocycles. The first-order valence-corrected chi connectivity index (χ1v) is 7.47. The fourth-order valence-corrected chi connectivity index (χ4v) is 2.19. The molecule has 8 nitrogen and oxygen atoms in total. The van der Waals surface area contributed by atoms with Crippen molar-refractivity contribution in [2.24, 2.45) is 5.73 Å². The number of aromatic nitrogens is 3. The molecule has 0 bridgehead atoms. The summed E-state index contributed by atoms with van der Waals surface area (Å²) in [4.78, 5) is 23.4. The highest BCUT2D eigenvalue weighted by Gasteiger charge is 2.21. The number of hydrogen-bond donors (Lipinski definition) is 3. The molecule has 0 atom stereocenters. The number of H-pyrrole nitrogens is 1. The minimum atomic E-state index is -0.722. The van der Waals surface area contributed by atoms with Gasteiger partial charge in [-0.25, -0.2) is 4.79 Å². The van der Waals surface area contributed by atoms with E-state index in [2.05, 4.69) is 36.7 Å². The van der Waals surface area contributed by atoms with Crippen LogP contribution in [0.15, 0.2) is 22.7 Å². The topological polar surface area (TPSA) is 123 Å². The lowest BCUT2D eigenvalue weighted by atomic mass is 10.1. The Kier molecular flexibility index (Phi) is 4.69. The van der Waals surface area contributed by atoms with Gasteiger partial charge in [0.15, 0.2) is 5.69 Å². The fourth-order valence-electron chi connectivity index (χ4n) is 1.83. The normalized spacial score (nSPS) is 11.1. The molecule has 4 N–H and O–H groups in total. The van der Waals surface area contributed by atoms with Gasteiger partial charge in [-0.3, -0.25) is 10.1 Å². The van der Waals surface area contributed by atoms with Crippen molar-refractivity contribution in [3.8, 4) is 11.3 Å². The first kappa shape index (κ1) is 16.9. The minimum absolute atomic E-state index is 0.0143. The molecule has 2 rings (SSSR count). The van der Waals surface area contributed by atoms with Crippen LogP contribution in [0.4, 0.5) is 10.5 Å². The summed E-state index contributed by atoms with van der Waals surface area (Å²) < 4.78 is 5.96. The molecule has 1 heterocycles. The molecule has 0 saturated carbocycles. The van der Waals surface area contributed by atoms with Crippen LogP contribution in [0, 0.1) is 0 Å². The molecule has 23 heavy (non-hydrogen) atoms. The van der Waals surface area contributed by atoms with E-state index in [1.807, 2.05) is 0 Å². The molecule has 2 aromatic rings. The third-order valence-corrected chi connectivity index (χ3v) is 3.15. The van der Waals surface area contributed by atoms with Crippen LogP contribution in [0.5, 0.6) is 0 Å². The summed E-state index contributed by atoms with van der Waals surface area (Å²) in [7, 11) is 0. The van der Waals surface area contributed by atoms with Crippen LogP contribution in [0.1, 0.15) is 31.3 Å². The zero-order chi connectivity index (χ0) is 17.2. The Morgan fingerprint density at radius 1 is 1.30 bits per heavy atom. The molecule has 1 aromatic heterocycles. The number of hydrogen-bond acceptors (Lipinski definition) is 5. The third-order valence-electron chi connectivity index (χ3n) is 2.65. The minimum Gasteiger partial charge on any atom is -0.444 e. The molecule has 9 heteroatoms.